The molecule has 2 aromatic carbocycles. The highest BCUT2D eigenvalue weighted by Gasteiger charge is 2.64. The Balaban J connectivity index is 2.08. The zero-order chi connectivity index (χ0) is 31.0. The first-order chi connectivity index (χ1) is 19.8. The van der Waals surface area contributed by atoms with Crippen LogP contribution in [0.5, 0.6) is 0 Å². The van der Waals surface area contributed by atoms with E-state index in [1.165, 1.54) is 11.9 Å². The lowest BCUT2D eigenvalue weighted by Gasteiger charge is -2.57. The van der Waals surface area contributed by atoms with Crippen molar-refractivity contribution in [2.45, 2.75) is 63.2 Å². The normalized spacial score (nSPS) is 22.8. The Morgan fingerprint density at radius 1 is 1.07 bits per heavy atom. The summed E-state index contributed by atoms with van der Waals surface area (Å²) in [6.07, 6.45) is -7.93. The summed E-state index contributed by atoms with van der Waals surface area (Å²) < 4.78 is 69.8. The van der Waals surface area contributed by atoms with Crippen LogP contribution in [-0.4, -0.2) is 71.3 Å². The first-order valence-electron chi connectivity index (χ1n) is 13.9. The van der Waals surface area contributed by atoms with E-state index in [1.807, 2.05) is 0 Å². The number of hydrogen-bond acceptors (Lipinski definition) is 4. The number of carbonyl (C=O) groups is 2. The fraction of sp³-hybridized carbons (Fsp3) is 0.533. The molecule has 3 atom stereocenters. The summed E-state index contributed by atoms with van der Waals surface area (Å²) in [6.45, 7) is 2.82. The van der Waals surface area contributed by atoms with Crippen LogP contribution in [0.4, 0.5) is 26.7 Å². The zero-order valence-electron chi connectivity index (χ0n) is 23.7. The van der Waals surface area contributed by atoms with Gasteiger partial charge in [0.05, 0.1) is 22.6 Å². The second-order valence-electron chi connectivity index (χ2n) is 11.2. The third-order valence-corrected chi connectivity index (χ3v) is 9.13. The first kappa shape index (κ1) is 31.7. The second-order valence-corrected chi connectivity index (χ2v) is 11.2. The number of nitrogens with one attached hydrogen (secondary N) is 1. The van der Waals surface area contributed by atoms with Gasteiger partial charge in [0.1, 0.15) is 0 Å². The van der Waals surface area contributed by atoms with Gasteiger partial charge in [-0.1, -0.05) is 31.2 Å². The van der Waals surface area contributed by atoms with Crippen LogP contribution in [-0.2, 0) is 16.5 Å². The van der Waals surface area contributed by atoms with Crippen molar-refractivity contribution >= 4 is 11.9 Å². The van der Waals surface area contributed by atoms with E-state index in [-0.39, 0.29) is 57.0 Å². The molecule has 2 aliphatic rings. The summed E-state index contributed by atoms with van der Waals surface area (Å²) in [5, 5.41) is 22.4. The fourth-order valence-corrected chi connectivity index (χ4v) is 7.19. The minimum atomic E-state index is -4.91. The minimum absolute atomic E-state index is 0.00951. The number of aliphatic hydroxyl groups is 2. The third kappa shape index (κ3) is 5.12. The number of alkyl halides is 5. The van der Waals surface area contributed by atoms with E-state index in [9.17, 15) is 41.8 Å². The zero-order valence-corrected chi connectivity index (χ0v) is 23.7. The molecule has 7 nitrogen and oxygen atoms in total. The Hall–Kier alpha value is -3.25. The molecule has 2 saturated heterocycles. The average molecular weight is 598 g/mol. The van der Waals surface area contributed by atoms with Crippen LogP contribution in [0.3, 0.4) is 0 Å². The number of benzene rings is 2. The van der Waals surface area contributed by atoms with Gasteiger partial charge in [-0.3, -0.25) is 4.79 Å². The van der Waals surface area contributed by atoms with E-state index in [2.05, 4.69) is 5.32 Å². The van der Waals surface area contributed by atoms with Crippen molar-refractivity contribution in [3.05, 3.63) is 70.3 Å². The highest BCUT2D eigenvalue weighted by atomic mass is 19.4. The molecule has 42 heavy (non-hydrogen) atoms. The lowest BCUT2D eigenvalue weighted by Crippen LogP contribution is -2.69. The molecule has 2 heterocycles. The number of aliphatic hydroxyl groups excluding tert-OH is 2. The van der Waals surface area contributed by atoms with Gasteiger partial charge < -0.3 is 25.3 Å². The molecule has 12 heteroatoms. The summed E-state index contributed by atoms with van der Waals surface area (Å²) in [7, 11) is 1.42. The first-order valence-corrected chi connectivity index (χ1v) is 13.9. The number of carbonyl (C=O) groups excluding carboxylic acids is 2. The van der Waals surface area contributed by atoms with Crippen molar-refractivity contribution in [2.75, 3.05) is 33.4 Å². The summed E-state index contributed by atoms with van der Waals surface area (Å²) in [4.78, 5) is 30.7. The van der Waals surface area contributed by atoms with Crippen molar-refractivity contribution in [3.8, 4) is 0 Å². The highest BCUT2D eigenvalue weighted by molar-refractivity contribution is 5.87. The van der Waals surface area contributed by atoms with Crippen LogP contribution in [0.25, 0.3) is 0 Å². The largest absolute Gasteiger partial charge is 0.416 e. The number of hydrogen-bond donors (Lipinski definition) is 3. The molecule has 0 bridgehead atoms. The molecular formula is C30H36F5N3O4. The maximum Gasteiger partial charge on any atom is 0.416 e. The van der Waals surface area contributed by atoms with Gasteiger partial charge in [0, 0.05) is 44.8 Å². The summed E-state index contributed by atoms with van der Waals surface area (Å²) in [5.41, 5.74) is -3.54. The molecule has 2 aromatic rings. The Morgan fingerprint density at radius 3 is 2.24 bits per heavy atom. The molecule has 0 saturated carbocycles. The molecule has 0 spiro atoms. The predicted molar refractivity (Wildman–Crippen MR) is 145 cm³/mol. The average Bonchev–Trinajstić information content (AvgIpc) is 3.23. The molecule has 0 aliphatic carbocycles. The molecule has 2 unspecified atom stereocenters. The Kier molecular flexibility index (Phi) is 8.90. The van der Waals surface area contributed by atoms with Gasteiger partial charge in [0.15, 0.2) is 0 Å². The number of urea groups is 1. The Bertz CT molecular complexity index is 1310. The highest BCUT2D eigenvalue weighted by Crippen LogP contribution is 2.57. The van der Waals surface area contributed by atoms with E-state index in [4.69, 9.17) is 0 Å². The van der Waals surface area contributed by atoms with E-state index in [0.29, 0.717) is 17.2 Å². The number of halogens is 5. The molecule has 3 amide bonds. The van der Waals surface area contributed by atoms with E-state index in [1.54, 1.807) is 43.0 Å². The van der Waals surface area contributed by atoms with Crippen molar-refractivity contribution in [2.24, 2.45) is 5.41 Å². The molecule has 4 rings (SSSR count). The van der Waals surface area contributed by atoms with Gasteiger partial charge in [0.2, 0.25) is 5.91 Å². The van der Waals surface area contributed by atoms with Crippen molar-refractivity contribution in [1.29, 1.82) is 0 Å². The van der Waals surface area contributed by atoms with Crippen LogP contribution >= 0.6 is 0 Å². The number of fused-ring (bicyclic) bond motifs is 1. The maximum absolute atomic E-state index is 14.0. The summed E-state index contributed by atoms with van der Waals surface area (Å²) >= 11 is 0. The van der Waals surface area contributed by atoms with E-state index in [0.717, 1.165) is 12.1 Å². The van der Waals surface area contributed by atoms with Gasteiger partial charge >= 0.3 is 12.2 Å². The molecule has 2 fully saturated rings. The molecule has 0 aromatic heterocycles. The number of piperazine rings is 1. The SMILES string of the molecule is CNC(=O)N1CCN2C(=O)C(CCO)(CCO)CC2C1(c1ccccc1C)[C@H](C)c1cc(C(F)F)cc(C(F)(F)F)c1. The maximum atomic E-state index is 14.0. The number of aryl methyl sites for hydroxylation is 1. The van der Waals surface area contributed by atoms with Crippen LogP contribution < -0.4 is 5.32 Å². The van der Waals surface area contributed by atoms with Gasteiger partial charge in [-0.25, -0.2) is 13.6 Å². The Labute approximate surface area is 241 Å². The van der Waals surface area contributed by atoms with Gasteiger partial charge in [-0.05, 0) is 61.1 Å². The number of amides is 3. The molecule has 3 N–H and O–H groups in total. The van der Waals surface area contributed by atoms with Gasteiger partial charge in [0.25, 0.3) is 6.43 Å². The van der Waals surface area contributed by atoms with Crippen LogP contribution in [0, 0.1) is 12.3 Å². The third-order valence-electron chi connectivity index (χ3n) is 9.13. The van der Waals surface area contributed by atoms with Crippen molar-refractivity contribution < 1.29 is 41.8 Å². The lowest BCUT2D eigenvalue weighted by molar-refractivity contribution is -0.142. The fourth-order valence-electron chi connectivity index (χ4n) is 7.19. The van der Waals surface area contributed by atoms with E-state index < -0.39 is 52.7 Å². The molecular weight excluding hydrogens is 561 g/mol. The number of nitrogens with zero attached hydrogens (tertiary/aromatic N) is 2. The predicted octanol–water partition coefficient (Wildman–Crippen LogP) is 4.96. The molecule has 230 valence electrons. The monoisotopic (exact) mass is 597 g/mol. The summed E-state index contributed by atoms with van der Waals surface area (Å²) in [6, 6.07) is 7.97. The lowest BCUT2D eigenvalue weighted by atomic mass is 9.64. The second kappa shape index (κ2) is 11.8. The number of rotatable bonds is 8. The Morgan fingerprint density at radius 2 is 1.69 bits per heavy atom. The quantitative estimate of drug-likeness (QED) is 0.376. The van der Waals surface area contributed by atoms with Crippen molar-refractivity contribution in [1.82, 2.24) is 15.1 Å². The van der Waals surface area contributed by atoms with Crippen molar-refractivity contribution in [3.63, 3.8) is 0 Å². The van der Waals surface area contributed by atoms with Gasteiger partial charge in [-0.15, -0.1) is 0 Å². The van der Waals surface area contributed by atoms with Crippen LogP contribution in [0.1, 0.15) is 66.3 Å². The van der Waals surface area contributed by atoms with Crippen LogP contribution in [0.15, 0.2) is 42.5 Å². The van der Waals surface area contributed by atoms with E-state index >= 15 is 0 Å². The standard InChI is InChI=1S/C30H36F5N3O4/c1-18-6-4-5-7-23(18)29(19(2)20-14-21(25(31)32)16-22(15-20)30(33,34)35)24-17-28(8-12-39,9-13-40)26(41)37(24)10-11-38(29)27(42)36-3/h4-7,14-16,19,24-25,39-40H,8-13,17H2,1-3H3,(H,36,42)/t19-,24?,29?/m1/s1. The van der Waals surface area contributed by atoms with Gasteiger partial charge in [-0.2, -0.15) is 13.2 Å². The molecule has 0 radical (unpaired) electrons. The topological polar surface area (TPSA) is 93.1 Å². The molecule has 2 aliphatic heterocycles. The minimum Gasteiger partial charge on any atom is -0.396 e. The smallest absolute Gasteiger partial charge is 0.396 e. The van der Waals surface area contributed by atoms with Crippen LogP contribution in [0.2, 0.25) is 0 Å². The summed E-state index contributed by atoms with van der Waals surface area (Å²) in [5.74, 6) is -1.34.